The number of thioether (sulfide) groups is 1. The second-order valence-electron chi connectivity index (χ2n) is 8.15. The van der Waals surface area contributed by atoms with Crippen molar-refractivity contribution in [3.63, 3.8) is 0 Å². The third kappa shape index (κ3) is 5.43. The van der Waals surface area contributed by atoms with Gasteiger partial charge in [-0.15, -0.1) is 0 Å². The van der Waals surface area contributed by atoms with Crippen molar-refractivity contribution in [1.82, 2.24) is 4.90 Å². The van der Waals surface area contributed by atoms with Crippen molar-refractivity contribution < 1.29 is 17.4 Å². The maximum Gasteiger partial charge on any atom is 0.339 e. The number of rotatable bonds is 5. The van der Waals surface area contributed by atoms with Gasteiger partial charge in [-0.25, -0.2) is 0 Å². The van der Waals surface area contributed by atoms with Gasteiger partial charge < -0.3 is 14.0 Å². The van der Waals surface area contributed by atoms with Crippen molar-refractivity contribution >= 4 is 56.3 Å². The van der Waals surface area contributed by atoms with E-state index < -0.39 is 10.1 Å². The van der Waals surface area contributed by atoms with Crippen LogP contribution >= 0.6 is 23.4 Å². The minimum atomic E-state index is -4.01. The molecule has 0 unspecified atom stereocenters. The largest absolute Gasteiger partial charge is 0.378 e. The highest BCUT2D eigenvalue weighted by atomic mass is 35.5. The molecule has 0 aliphatic carbocycles. The van der Waals surface area contributed by atoms with Crippen LogP contribution in [0.5, 0.6) is 5.75 Å². The molecule has 0 aromatic heterocycles. The van der Waals surface area contributed by atoms with Crippen molar-refractivity contribution in [2.75, 3.05) is 31.1 Å². The van der Waals surface area contributed by atoms with Gasteiger partial charge in [-0.05, 0) is 60.3 Å². The van der Waals surface area contributed by atoms with Gasteiger partial charge in [0.15, 0.2) is 5.17 Å². The summed E-state index contributed by atoms with van der Waals surface area (Å²) in [6, 6.07) is 22.4. The molecule has 0 N–H and O–H groups in total. The van der Waals surface area contributed by atoms with E-state index in [1.165, 1.54) is 23.9 Å². The Bertz CT molecular complexity index is 1430. The molecule has 1 saturated heterocycles. The van der Waals surface area contributed by atoms with Crippen LogP contribution in [-0.4, -0.2) is 50.6 Å². The molecular weight excluding hydrogens is 518 g/mol. The summed E-state index contributed by atoms with van der Waals surface area (Å²) < 4.78 is 30.8. The molecule has 0 atom stereocenters. The number of amidine groups is 1. The van der Waals surface area contributed by atoms with Crippen LogP contribution < -0.4 is 9.08 Å². The minimum Gasteiger partial charge on any atom is -0.378 e. The smallest absolute Gasteiger partial charge is 0.339 e. The van der Waals surface area contributed by atoms with Gasteiger partial charge in [0, 0.05) is 42.5 Å². The number of hydrogen-bond donors (Lipinski definition) is 0. The number of carbonyl (C=O) groups excluding carboxylic acids is 1. The second-order valence-corrected chi connectivity index (χ2v) is 11.1. The van der Waals surface area contributed by atoms with Crippen LogP contribution in [0.2, 0.25) is 5.02 Å². The molecule has 7 nitrogen and oxygen atoms in total. The van der Waals surface area contributed by atoms with Gasteiger partial charge in [-0.2, -0.15) is 13.4 Å². The number of hydrogen-bond acceptors (Lipinski definition) is 7. The van der Waals surface area contributed by atoms with Crippen LogP contribution in [0.4, 0.5) is 5.69 Å². The standard InChI is InChI=1S/C26H22ClN3O4S2/c27-20-10-12-21(13-11-20)29-14-16-30(17-15-29)26-28-25(31)24(35-26)18-19-6-4-5-9-23(19)34-36(32,33)22-7-2-1-3-8-22/h1-13,18H,14-17H2/b24-18+. The zero-order valence-electron chi connectivity index (χ0n) is 19.1. The number of para-hydroxylation sites is 1. The highest BCUT2D eigenvalue weighted by Crippen LogP contribution is 2.33. The lowest BCUT2D eigenvalue weighted by atomic mass is 10.2. The first-order chi connectivity index (χ1) is 17.4. The average molecular weight is 540 g/mol. The molecule has 5 rings (SSSR count). The van der Waals surface area contributed by atoms with Crippen LogP contribution in [0, 0.1) is 0 Å². The predicted molar refractivity (Wildman–Crippen MR) is 144 cm³/mol. The summed E-state index contributed by atoms with van der Waals surface area (Å²) in [5, 5.41) is 1.36. The molecule has 0 spiro atoms. The summed E-state index contributed by atoms with van der Waals surface area (Å²) in [5.41, 5.74) is 1.59. The summed E-state index contributed by atoms with van der Waals surface area (Å²) in [4.78, 5) is 21.8. The quantitative estimate of drug-likeness (QED) is 0.337. The number of amides is 1. The monoisotopic (exact) mass is 539 g/mol. The molecule has 36 heavy (non-hydrogen) atoms. The maximum absolute atomic E-state index is 12.7. The van der Waals surface area contributed by atoms with Gasteiger partial charge in [0.25, 0.3) is 5.91 Å². The molecule has 0 radical (unpaired) electrons. The predicted octanol–water partition coefficient (Wildman–Crippen LogP) is 4.90. The lowest BCUT2D eigenvalue weighted by Gasteiger charge is -2.36. The van der Waals surface area contributed by atoms with E-state index in [1.807, 2.05) is 24.3 Å². The minimum absolute atomic E-state index is 0.0575. The number of halogens is 1. The van der Waals surface area contributed by atoms with Crippen LogP contribution in [0.1, 0.15) is 5.56 Å². The average Bonchev–Trinajstić information content (AvgIpc) is 3.26. The zero-order chi connectivity index (χ0) is 25.1. The van der Waals surface area contributed by atoms with Gasteiger partial charge >= 0.3 is 10.1 Å². The van der Waals surface area contributed by atoms with Crippen LogP contribution in [0.15, 0.2) is 93.7 Å². The first-order valence-corrected chi connectivity index (χ1v) is 13.9. The Morgan fingerprint density at radius 1 is 0.861 bits per heavy atom. The maximum atomic E-state index is 12.7. The molecule has 1 amide bonds. The van der Waals surface area contributed by atoms with E-state index in [0.29, 0.717) is 20.7 Å². The third-order valence-corrected chi connectivity index (χ3v) is 8.33. The lowest BCUT2D eigenvalue weighted by molar-refractivity contribution is -0.113. The first kappa shape index (κ1) is 24.4. The lowest BCUT2D eigenvalue weighted by Crippen LogP contribution is -2.47. The van der Waals surface area contributed by atoms with Gasteiger partial charge in [0.1, 0.15) is 10.6 Å². The SMILES string of the molecule is O=C1N=C(N2CCN(c3ccc(Cl)cc3)CC2)S/C1=C/c1ccccc1OS(=O)(=O)c1ccccc1. The number of aliphatic imine (C=N–C) groups is 1. The molecule has 3 aromatic carbocycles. The number of benzene rings is 3. The zero-order valence-corrected chi connectivity index (χ0v) is 21.5. The summed E-state index contributed by atoms with van der Waals surface area (Å²) in [6.45, 7) is 3.04. The van der Waals surface area contributed by atoms with Crippen molar-refractivity contribution in [3.8, 4) is 5.75 Å². The van der Waals surface area contributed by atoms with Crippen LogP contribution in [0.3, 0.4) is 0 Å². The summed E-state index contributed by atoms with van der Waals surface area (Å²) in [5.74, 6) is -0.205. The van der Waals surface area contributed by atoms with Gasteiger partial charge in [0.05, 0.1) is 4.91 Å². The molecule has 184 valence electrons. The van der Waals surface area contributed by atoms with Crippen molar-refractivity contribution in [2.24, 2.45) is 4.99 Å². The van der Waals surface area contributed by atoms with Crippen LogP contribution in [-0.2, 0) is 14.9 Å². The van der Waals surface area contributed by atoms with Crippen LogP contribution in [0.25, 0.3) is 6.08 Å². The highest BCUT2D eigenvalue weighted by molar-refractivity contribution is 8.18. The summed E-state index contributed by atoms with van der Waals surface area (Å²) >= 11 is 7.28. The normalized spacial score (nSPS) is 17.4. The highest BCUT2D eigenvalue weighted by Gasteiger charge is 2.29. The molecule has 10 heteroatoms. The van der Waals surface area contributed by atoms with Gasteiger partial charge in [-0.1, -0.05) is 48.0 Å². The fraction of sp³-hybridized carbons (Fsp3) is 0.154. The molecule has 2 heterocycles. The second kappa shape index (κ2) is 10.4. The first-order valence-electron chi connectivity index (χ1n) is 11.3. The van der Waals surface area contributed by atoms with E-state index in [0.717, 1.165) is 31.9 Å². The summed E-state index contributed by atoms with van der Waals surface area (Å²) in [7, 11) is -4.01. The molecule has 0 saturated carbocycles. The molecule has 2 aliphatic rings. The fourth-order valence-electron chi connectivity index (χ4n) is 3.91. The Labute approximate surface area is 219 Å². The van der Waals surface area contributed by atoms with E-state index >= 15 is 0 Å². The number of anilines is 1. The molecular formula is C26H22ClN3O4S2. The third-order valence-electron chi connectivity index (χ3n) is 5.79. The molecule has 1 fully saturated rings. The van der Waals surface area contributed by atoms with Gasteiger partial charge in [-0.3, -0.25) is 4.79 Å². The van der Waals surface area contributed by atoms with E-state index in [9.17, 15) is 13.2 Å². The Balaban J connectivity index is 1.27. The Morgan fingerprint density at radius 3 is 2.22 bits per heavy atom. The van der Waals surface area contributed by atoms with E-state index in [2.05, 4.69) is 14.8 Å². The van der Waals surface area contributed by atoms with Crippen molar-refractivity contribution in [3.05, 3.63) is 94.4 Å². The fourth-order valence-corrected chi connectivity index (χ4v) is 5.97. The number of nitrogens with zero attached hydrogens (tertiary/aromatic N) is 3. The molecule has 3 aromatic rings. The number of carbonyl (C=O) groups is 1. The van der Waals surface area contributed by atoms with E-state index in [4.69, 9.17) is 15.8 Å². The number of piperazine rings is 1. The Kier molecular flexibility index (Phi) is 7.04. The molecule has 0 bridgehead atoms. The van der Waals surface area contributed by atoms with E-state index in [-0.39, 0.29) is 16.6 Å². The van der Waals surface area contributed by atoms with E-state index in [1.54, 1.807) is 48.5 Å². The topological polar surface area (TPSA) is 79.3 Å². The molecule has 2 aliphatic heterocycles. The van der Waals surface area contributed by atoms with Gasteiger partial charge in [0.2, 0.25) is 0 Å². The van der Waals surface area contributed by atoms with Crippen molar-refractivity contribution in [2.45, 2.75) is 4.90 Å². The van der Waals surface area contributed by atoms with Crippen molar-refractivity contribution in [1.29, 1.82) is 0 Å². The summed E-state index contributed by atoms with van der Waals surface area (Å²) in [6.07, 6.45) is 1.63. The Morgan fingerprint density at radius 2 is 1.50 bits per heavy atom. The Hall–Kier alpha value is -3.27.